The zero-order chi connectivity index (χ0) is 22.5. The minimum Gasteiger partial charge on any atom is -0.465 e. The van der Waals surface area contributed by atoms with Crippen LogP contribution in [0.4, 0.5) is 0 Å². The Kier molecular flexibility index (Phi) is 6.87. The van der Waals surface area contributed by atoms with Crippen molar-refractivity contribution in [2.45, 2.75) is 19.5 Å². The lowest BCUT2D eigenvalue weighted by molar-refractivity contribution is -0.122. The lowest BCUT2D eigenvalue weighted by atomic mass is 10.0. The van der Waals surface area contributed by atoms with Gasteiger partial charge in [-0.25, -0.2) is 4.79 Å². The normalized spacial score (nSPS) is 15.4. The molecule has 32 heavy (non-hydrogen) atoms. The summed E-state index contributed by atoms with van der Waals surface area (Å²) >= 11 is 0. The highest BCUT2D eigenvalue weighted by atomic mass is 16.5. The maximum Gasteiger partial charge on any atom is 0.340 e. The van der Waals surface area contributed by atoms with Crippen molar-refractivity contribution in [1.82, 2.24) is 14.8 Å². The van der Waals surface area contributed by atoms with E-state index in [0.717, 1.165) is 24.0 Å². The van der Waals surface area contributed by atoms with Gasteiger partial charge in [0.2, 0.25) is 5.91 Å². The number of morpholine rings is 1. The predicted molar refractivity (Wildman–Crippen MR) is 123 cm³/mol. The lowest BCUT2D eigenvalue weighted by Crippen LogP contribution is -2.44. The number of methoxy groups -OCH3 is 1. The summed E-state index contributed by atoms with van der Waals surface area (Å²) in [5, 5.41) is 3.88. The number of hydrogen-bond acceptors (Lipinski definition) is 5. The summed E-state index contributed by atoms with van der Waals surface area (Å²) in [5.41, 5.74) is 3.67. The Bertz CT molecular complexity index is 1100. The van der Waals surface area contributed by atoms with Crippen LogP contribution in [0.1, 0.15) is 27.5 Å². The zero-order valence-corrected chi connectivity index (χ0v) is 18.5. The Labute approximate surface area is 187 Å². The Balaban J connectivity index is 1.50. The maximum atomic E-state index is 12.9. The molecular weight excluding hydrogens is 406 g/mol. The Morgan fingerprint density at radius 1 is 1.12 bits per heavy atom. The molecule has 7 nitrogen and oxygen atoms in total. The van der Waals surface area contributed by atoms with E-state index in [4.69, 9.17) is 9.47 Å². The molecule has 1 N–H and O–H groups in total. The second kappa shape index (κ2) is 9.97. The van der Waals surface area contributed by atoms with Crippen LogP contribution in [0.2, 0.25) is 0 Å². The van der Waals surface area contributed by atoms with E-state index in [0.29, 0.717) is 25.3 Å². The van der Waals surface area contributed by atoms with Gasteiger partial charge in [-0.05, 0) is 18.6 Å². The van der Waals surface area contributed by atoms with Crippen molar-refractivity contribution in [3.8, 4) is 0 Å². The van der Waals surface area contributed by atoms with Crippen molar-refractivity contribution >= 4 is 22.8 Å². The number of rotatable bonds is 7. The van der Waals surface area contributed by atoms with Crippen LogP contribution in [0.3, 0.4) is 0 Å². The summed E-state index contributed by atoms with van der Waals surface area (Å²) in [5.74, 6) is -0.514. The Hall–Kier alpha value is -3.16. The van der Waals surface area contributed by atoms with Crippen molar-refractivity contribution in [2.75, 3.05) is 40.0 Å². The molecule has 7 heteroatoms. The van der Waals surface area contributed by atoms with Gasteiger partial charge < -0.3 is 19.4 Å². The van der Waals surface area contributed by atoms with Gasteiger partial charge in [0.1, 0.15) is 6.54 Å². The fourth-order valence-electron chi connectivity index (χ4n) is 4.30. The van der Waals surface area contributed by atoms with Crippen LogP contribution in [0.25, 0.3) is 10.9 Å². The summed E-state index contributed by atoms with van der Waals surface area (Å²) < 4.78 is 12.2. The average Bonchev–Trinajstić information content (AvgIpc) is 3.18. The average molecular weight is 436 g/mol. The number of aryl methyl sites for hydroxylation is 1. The van der Waals surface area contributed by atoms with Crippen molar-refractivity contribution in [2.24, 2.45) is 0 Å². The summed E-state index contributed by atoms with van der Waals surface area (Å²) in [6, 6.07) is 16.0. The number of nitrogens with one attached hydrogen (secondary N) is 1. The highest BCUT2D eigenvalue weighted by molar-refractivity contribution is 6.04. The van der Waals surface area contributed by atoms with Gasteiger partial charge in [-0.15, -0.1) is 0 Å². The molecule has 1 fully saturated rings. The van der Waals surface area contributed by atoms with E-state index in [1.54, 1.807) is 10.8 Å². The van der Waals surface area contributed by atoms with Gasteiger partial charge in [0, 0.05) is 36.7 Å². The highest BCUT2D eigenvalue weighted by Gasteiger charge is 2.24. The summed E-state index contributed by atoms with van der Waals surface area (Å²) in [6.07, 6.45) is 1.69. The van der Waals surface area contributed by atoms with E-state index in [2.05, 4.69) is 41.4 Å². The maximum absolute atomic E-state index is 12.9. The zero-order valence-electron chi connectivity index (χ0n) is 18.5. The molecule has 4 rings (SSSR count). The minimum atomic E-state index is -0.410. The highest BCUT2D eigenvalue weighted by Crippen LogP contribution is 2.23. The number of carbonyl (C=O) groups excluding carboxylic acids is 2. The van der Waals surface area contributed by atoms with Crippen LogP contribution < -0.4 is 5.32 Å². The Morgan fingerprint density at radius 3 is 2.66 bits per heavy atom. The molecule has 0 saturated carbocycles. The topological polar surface area (TPSA) is 72.8 Å². The van der Waals surface area contributed by atoms with Crippen LogP contribution in [-0.4, -0.2) is 61.3 Å². The summed E-state index contributed by atoms with van der Waals surface area (Å²) in [4.78, 5) is 27.4. The molecule has 3 aromatic rings. The molecule has 1 atom stereocenters. The van der Waals surface area contributed by atoms with E-state index in [1.807, 2.05) is 24.3 Å². The first-order chi connectivity index (χ1) is 15.6. The number of esters is 1. The molecule has 0 unspecified atom stereocenters. The van der Waals surface area contributed by atoms with Gasteiger partial charge in [-0.2, -0.15) is 0 Å². The monoisotopic (exact) mass is 435 g/mol. The second-order valence-corrected chi connectivity index (χ2v) is 8.06. The fourth-order valence-corrected chi connectivity index (χ4v) is 4.30. The predicted octanol–water partition coefficient (Wildman–Crippen LogP) is 2.93. The first-order valence-electron chi connectivity index (χ1n) is 10.9. The van der Waals surface area contributed by atoms with Gasteiger partial charge in [0.15, 0.2) is 0 Å². The number of nitrogens with zero attached hydrogens (tertiary/aromatic N) is 2. The van der Waals surface area contributed by atoms with Crippen molar-refractivity contribution in [3.63, 3.8) is 0 Å². The quantitative estimate of drug-likeness (QED) is 0.578. The number of hydrogen-bond donors (Lipinski definition) is 1. The third kappa shape index (κ3) is 4.84. The third-order valence-electron chi connectivity index (χ3n) is 5.91. The molecular formula is C25H29N3O4. The van der Waals surface area contributed by atoms with Crippen LogP contribution in [0.5, 0.6) is 0 Å². The van der Waals surface area contributed by atoms with Gasteiger partial charge in [-0.3, -0.25) is 9.69 Å². The molecule has 0 bridgehead atoms. The Morgan fingerprint density at radius 2 is 1.91 bits per heavy atom. The standard InChI is InChI=1S/C25H29N3O4/c1-18-6-5-7-19(14-18)23(27-10-12-32-13-11-27)15-26-24(29)17-28-16-21(25(30)31-2)20-8-3-4-9-22(20)28/h3-9,14,16,23H,10-13,15,17H2,1-2H3,(H,26,29)/t23-/m0/s1. The third-order valence-corrected chi connectivity index (χ3v) is 5.91. The number of benzene rings is 2. The van der Waals surface area contributed by atoms with Crippen molar-refractivity contribution in [1.29, 1.82) is 0 Å². The molecule has 0 radical (unpaired) electrons. The first-order valence-corrected chi connectivity index (χ1v) is 10.9. The molecule has 2 aromatic carbocycles. The second-order valence-electron chi connectivity index (χ2n) is 8.06. The van der Waals surface area contributed by atoms with Gasteiger partial charge in [-0.1, -0.05) is 48.0 Å². The summed E-state index contributed by atoms with van der Waals surface area (Å²) in [7, 11) is 1.36. The van der Waals surface area contributed by atoms with E-state index in [-0.39, 0.29) is 18.5 Å². The minimum absolute atomic E-state index is 0.0785. The van der Waals surface area contributed by atoms with Crippen LogP contribution in [-0.2, 0) is 20.8 Å². The molecule has 1 aliphatic rings. The number of amides is 1. The molecule has 2 heterocycles. The number of fused-ring (bicyclic) bond motifs is 1. The molecule has 1 aliphatic heterocycles. The SMILES string of the molecule is COC(=O)c1cn(CC(=O)NC[C@@H](c2cccc(C)c2)N2CCOCC2)c2ccccc12. The molecule has 1 saturated heterocycles. The van der Waals surface area contributed by atoms with Gasteiger partial charge >= 0.3 is 5.97 Å². The summed E-state index contributed by atoms with van der Waals surface area (Å²) in [6.45, 7) is 5.77. The van der Waals surface area contributed by atoms with Gasteiger partial charge in [0.25, 0.3) is 0 Å². The molecule has 0 aliphatic carbocycles. The van der Waals surface area contributed by atoms with Crippen LogP contribution in [0, 0.1) is 6.92 Å². The largest absolute Gasteiger partial charge is 0.465 e. The number of ether oxygens (including phenoxy) is 2. The lowest BCUT2D eigenvalue weighted by Gasteiger charge is -2.35. The molecule has 0 spiro atoms. The van der Waals surface area contributed by atoms with Crippen LogP contribution in [0.15, 0.2) is 54.7 Å². The van der Waals surface area contributed by atoms with E-state index in [9.17, 15) is 9.59 Å². The van der Waals surface area contributed by atoms with E-state index >= 15 is 0 Å². The number of aromatic nitrogens is 1. The number of para-hydroxylation sites is 1. The molecule has 1 aromatic heterocycles. The van der Waals surface area contributed by atoms with E-state index < -0.39 is 5.97 Å². The van der Waals surface area contributed by atoms with Crippen molar-refractivity contribution in [3.05, 3.63) is 71.4 Å². The smallest absolute Gasteiger partial charge is 0.340 e. The van der Waals surface area contributed by atoms with Crippen LogP contribution >= 0.6 is 0 Å². The van der Waals surface area contributed by atoms with E-state index in [1.165, 1.54) is 18.2 Å². The van der Waals surface area contributed by atoms with Crippen molar-refractivity contribution < 1.29 is 19.1 Å². The molecule has 1 amide bonds. The first kappa shape index (κ1) is 22.0. The van der Waals surface area contributed by atoms with Gasteiger partial charge in [0.05, 0.1) is 31.9 Å². The molecule has 168 valence electrons. The number of carbonyl (C=O) groups is 2. The fraction of sp³-hybridized carbons (Fsp3) is 0.360.